The topological polar surface area (TPSA) is 23.0 Å². The van der Waals surface area contributed by atoms with E-state index in [1.165, 1.54) is 60.5 Å². The molecule has 0 saturated carbocycles. The van der Waals surface area contributed by atoms with Gasteiger partial charge >= 0.3 is 0 Å². The predicted octanol–water partition coefficient (Wildman–Crippen LogP) is 14.8. The first-order chi connectivity index (χ1) is 28.3. The molecule has 266 valence electrons. The van der Waals surface area contributed by atoms with Gasteiger partial charge in [-0.15, -0.1) is 0 Å². The average Bonchev–Trinajstić information content (AvgIpc) is 3.94. The maximum absolute atomic E-state index is 6.63. The van der Waals surface area contributed by atoms with Gasteiger partial charge in [0.25, 0.3) is 0 Å². The highest BCUT2D eigenvalue weighted by atomic mass is 16.3. The van der Waals surface area contributed by atoms with Crippen LogP contribution in [0.1, 0.15) is 0 Å². The molecule has 9 aromatic carbocycles. The summed E-state index contributed by atoms with van der Waals surface area (Å²) in [6.07, 6.45) is 0. The van der Waals surface area contributed by atoms with Crippen molar-refractivity contribution < 1.29 is 4.42 Å². The molecule has 57 heavy (non-hydrogen) atoms. The molecular formula is C54H34N2O. The SMILES string of the molecule is c1ccc(-c2ccc(-c3cc(-n4c5ccccc5c5cc(-c6ccc7c(c6)c6ccccc6n7-c6ccccc6)ccc54)c4c(c3)oc3ccccc34)cc2)cc1. The zero-order valence-electron chi connectivity index (χ0n) is 30.9. The Morgan fingerprint density at radius 2 is 0.754 bits per heavy atom. The van der Waals surface area contributed by atoms with Gasteiger partial charge in [0.05, 0.1) is 33.1 Å². The first kappa shape index (κ1) is 31.7. The van der Waals surface area contributed by atoms with E-state index in [4.69, 9.17) is 4.42 Å². The molecule has 0 aliphatic rings. The fourth-order valence-electron chi connectivity index (χ4n) is 9.08. The highest BCUT2D eigenvalue weighted by Crippen LogP contribution is 2.43. The Hall–Kier alpha value is -7.62. The van der Waals surface area contributed by atoms with Gasteiger partial charge in [-0.2, -0.15) is 0 Å². The number of para-hydroxylation sites is 4. The summed E-state index contributed by atoms with van der Waals surface area (Å²) in [7, 11) is 0. The molecule has 0 N–H and O–H groups in total. The molecule has 3 nitrogen and oxygen atoms in total. The highest BCUT2D eigenvalue weighted by molar-refractivity contribution is 6.16. The van der Waals surface area contributed by atoms with E-state index in [0.29, 0.717) is 0 Å². The third kappa shape index (κ3) is 4.92. The third-order valence-electron chi connectivity index (χ3n) is 11.7. The first-order valence-corrected chi connectivity index (χ1v) is 19.5. The summed E-state index contributed by atoms with van der Waals surface area (Å²) >= 11 is 0. The zero-order chi connectivity index (χ0) is 37.5. The van der Waals surface area contributed by atoms with Crippen molar-refractivity contribution in [1.29, 1.82) is 0 Å². The number of furan rings is 1. The Morgan fingerprint density at radius 1 is 0.281 bits per heavy atom. The Kier molecular flexibility index (Phi) is 6.93. The van der Waals surface area contributed by atoms with E-state index in [0.717, 1.165) is 49.8 Å². The Balaban J connectivity index is 1.06. The number of hydrogen-bond acceptors (Lipinski definition) is 1. The predicted molar refractivity (Wildman–Crippen MR) is 239 cm³/mol. The van der Waals surface area contributed by atoms with Gasteiger partial charge in [0.2, 0.25) is 0 Å². The molecule has 0 unspecified atom stereocenters. The number of hydrogen-bond donors (Lipinski definition) is 0. The van der Waals surface area contributed by atoms with E-state index >= 15 is 0 Å². The van der Waals surface area contributed by atoms with Gasteiger partial charge in [0.15, 0.2) is 0 Å². The van der Waals surface area contributed by atoms with E-state index < -0.39 is 0 Å². The molecule has 0 radical (unpaired) electrons. The molecule has 0 amide bonds. The molecule has 12 aromatic rings. The van der Waals surface area contributed by atoms with Crippen molar-refractivity contribution in [2.75, 3.05) is 0 Å². The number of fused-ring (bicyclic) bond motifs is 9. The van der Waals surface area contributed by atoms with Crippen LogP contribution in [0.15, 0.2) is 211 Å². The lowest BCUT2D eigenvalue weighted by atomic mass is 9.98. The molecule has 3 aromatic heterocycles. The van der Waals surface area contributed by atoms with Gasteiger partial charge in [0, 0.05) is 32.6 Å². The molecule has 12 rings (SSSR count). The van der Waals surface area contributed by atoms with Crippen molar-refractivity contribution in [2.24, 2.45) is 0 Å². The van der Waals surface area contributed by atoms with E-state index in [9.17, 15) is 0 Å². The standard InChI is InChI=1S/C54H34N2O/c1-3-13-35(14-4-1)36-23-25-37(26-24-36)40-33-51(54-44-19-9-12-22-52(44)57-53(54)34-40)56-48-21-11-8-18-43(48)46-32-39(28-30-50(46)56)38-27-29-49-45(31-38)42-17-7-10-20-47(42)55(49)41-15-5-2-6-16-41/h1-34H. The van der Waals surface area contributed by atoms with Gasteiger partial charge in [-0.1, -0.05) is 140 Å². The summed E-state index contributed by atoms with van der Waals surface area (Å²) in [5.74, 6) is 0. The summed E-state index contributed by atoms with van der Waals surface area (Å²) in [4.78, 5) is 0. The van der Waals surface area contributed by atoms with E-state index in [2.05, 4.69) is 209 Å². The number of nitrogens with zero attached hydrogens (tertiary/aromatic N) is 2. The van der Waals surface area contributed by atoms with Crippen LogP contribution in [0.5, 0.6) is 0 Å². The summed E-state index contributed by atoms with van der Waals surface area (Å²) < 4.78 is 11.4. The second-order valence-electron chi connectivity index (χ2n) is 14.9. The van der Waals surface area contributed by atoms with Crippen LogP contribution >= 0.6 is 0 Å². The van der Waals surface area contributed by atoms with Crippen LogP contribution in [-0.2, 0) is 0 Å². The molecule has 3 heteroatoms. The maximum Gasteiger partial charge on any atom is 0.138 e. The molecule has 0 aliphatic heterocycles. The van der Waals surface area contributed by atoms with Crippen LogP contribution in [-0.4, -0.2) is 9.13 Å². The van der Waals surface area contributed by atoms with E-state index in [1.54, 1.807) is 0 Å². The minimum atomic E-state index is 0.876. The number of rotatable bonds is 5. The van der Waals surface area contributed by atoms with Crippen molar-refractivity contribution >= 4 is 65.6 Å². The van der Waals surface area contributed by atoms with Crippen molar-refractivity contribution in [3.05, 3.63) is 206 Å². The Labute approximate surface area is 328 Å². The molecule has 0 bridgehead atoms. The summed E-state index contributed by atoms with van der Waals surface area (Å²) in [6, 6.07) is 74.4. The molecule has 0 spiro atoms. The van der Waals surface area contributed by atoms with Gasteiger partial charge in [-0.25, -0.2) is 0 Å². The summed E-state index contributed by atoms with van der Waals surface area (Å²) in [5, 5.41) is 7.16. The molecule has 3 heterocycles. The molecule has 0 atom stereocenters. The maximum atomic E-state index is 6.63. The lowest BCUT2D eigenvalue weighted by molar-refractivity contribution is 0.669. The van der Waals surface area contributed by atoms with Crippen molar-refractivity contribution in [3.63, 3.8) is 0 Å². The summed E-state index contributed by atoms with van der Waals surface area (Å²) in [5.41, 5.74) is 15.8. The lowest BCUT2D eigenvalue weighted by Gasteiger charge is -2.13. The zero-order valence-corrected chi connectivity index (χ0v) is 30.9. The van der Waals surface area contributed by atoms with Gasteiger partial charge in [0.1, 0.15) is 11.2 Å². The Morgan fingerprint density at radius 3 is 1.42 bits per heavy atom. The second kappa shape index (κ2) is 12.5. The van der Waals surface area contributed by atoms with Gasteiger partial charge in [-0.3, -0.25) is 0 Å². The average molecular weight is 727 g/mol. The van der Waals surface area contributed by atoms with Crippen LogP contribution in [0, 0.1) is 0 Å². The quantitative estimate of drug-likeness (QED) is 0.173. The van der Waals surface area contributed by atoms with E-state index in [1.807, 2.05) is 6.07 Å². The fraction of sp³-hybridized carbons (Fsp3) is 0. The van der Waals surface area contributed by atoms with Gasteiger partial charge < -0.3 is 13.6 Å². The van der Waals surface area contributed by atoms with Crippen LogP contribution in [0.2, 0.25) is 0 Å². The minimum absolute atomic E-state index is 0.876. The first-order valence-electron chi connectivity index (χ1n) is 19.5. The van der Waals surface area contributed by atoms with Crippen molar-refractivity contribution in [2.45, 2.75) is 0 Å². The fourth-order valence-corrected chi connectivity index (χ4v) is 9.08. The smallest absolute Gasteiger partial charge is 0.138 e. The molecule has 0 aliphatic carbocycles. The van der Waals surface area contributed by atoms with Crippen LogP contribution < -0.4 is 0 Å². The molecular weight excluding hydrogens is 693 g/mol. The lowest BCUT2D eigenvalue weighted by Crippen LogP contribution is -1.96. The molecule has 0 saturated heterocycles. The van der Waals surface area contributed by atoms with Crippen molar-refractivity contribution in [1.82, 2.24) is 9.13 Å². The highest BCUT2D eigenvalue weighted by Gasteiger charge is 2.20. The number of benzene rings is 9. The largest absolute Gasteiger partial charge is 0.456 e. The van der Waals surface area contributed by atoms with E-state index in [-0.39, 0.29) is 0 Å². The van der Waals surface area contributed by atoms with Crippen LogP contribution in [0.4, 0.5) is 0 Å². The monoisotopic (exact) mass is 726 g/mol. The number of aromatic nitrogens is 2. The third-order valence-corrected chi connectivity index (χ3v) is 11.7. The molecule has 0 fully saturated rings. The second-order valence-corrected chi connectivity index (χ2v) is 14.9. The van der Waals surface area contributed by atoms with Crippen molar-refractivity contribution in [3.8, 4) is 44.8 Å². The van der Waals surface area contributed by atoms with Crippen LogP contribution in [0.3, 0.4) is 0 Å². The Bertz CT molecular complexity index is 3490. The van der Waals surface area contributed by atoms with Crippen LogP contribution in [0.25, 0.3) is 110 Å². The summed E-state index contributed by atoms with van der Waals surface area (Å²) in [6.45, 7) is 0. The normalized spacial score (nSPS) is 11.9. The minimum Gasteiger partial charge on any atom is -0.456 e. The van der Waals surface area contributed by atoms with Gasteiger partial charge in [-0.05, 0) is 100 Å².